The lowest BCUT2D eigenvalue weighted by Gasteiger charge is -2.16. The molecule has 2 amide bonds. The highest BCUT2D eigenvalue weighted by atomic mass is 19.1. The van der Waals surface area contributed by atoms with Gasteiger partial charge in [-0.3, -0.25) is 4.99 Å². The van der Waals surface area contributed by atoms with Gasteiger partial charge in [0, 0.05) is 48.5 Å². The molecule has 0 radical (unpaired) electrons. The number of ether oxygens (including phenoxy) is 1. The third kappa shape index (κ3) is 12.8. The van der Waals surface area contributed by atoms with E-state index < -0.39 is 11.2 Å². The Balaban J connectivity index is 0.00000187. The largest absolute Gasteiger partial charge is 0.492 e. The minimum absolute atomic E-state index is 0.245. The third-order valence-corrected chi connectivity index (χ3v) is 5.70. The Hall–Kier alpha value is -3.90. The van der Waals surface area contributed by atoms with E-state index in [0.29, 0.717) is 54.6 Å². The van der Waals surface area contributed by atoms with E-state index in [-0.39, 0.29) is 11.6 Å². The first kappa shape index (κ1) is 34.1. The average molecular weight is 553 g/mol. The number of rotatable bonds is 13. The number of amides is 2. The van der Waals surface area contributed by atoms with Crippen LogP contribution in [0.15, 0.2) is 48.0 Å². The number of nitriles is 1. The first-order valence-electron chi connectivity index (χ1n) is 13.6. The molecule has 0 saturated heterocycles. The fraction of sp³-hybridized carbons (Fsp3) is 0.452. The number of nitrogens with one attached hydrogen (secondary N) is 3. The maximum absolute atomic E-state index is 15.0. The highest BCUT2D eigenvalue weighted by Crippen LogP contribution is 2.33. The molecule has 0 spiro atoms. The van der Waals surface area contributed by atoms with Gasteiger partial charge in [0.05, 0.1) is 22.7 Å². The van der Waals surface area contributed by atoms with Crippen LogP contribution in [0.5, 0.6) is 5.75 Å². The van der Waals surface area contributed by atoms with Crippen molar-refractivity contribution in [3.63, 3.8) is 0 Å². The number of nitrogens with zero attached hydrogens (tertiary/aromatic N) is 3. The highest BCUT2D eigenvalue weighted by molar-refractivity contribution is 5.90. The summed E-state index contributed by atoms with van der Waals surface area (Å²) in [5.41, 5.74) is 1.75. The molecule has 218 valence electrons. The van der Waals surface area contributed by atoms with Gasteiger partial charge in [0.25, 0.3) is 0 Å². The standard InChI is InChI=1S/C27H35FN6O2.C4H10/c1-7-30-24-17-22(36-15-14-34(5)6)16-23(28)25(24)19(2)32-20-8-10-21(11-9-20)33-26(35)31-13-12-27(3,4)18-29;1-3-4-2/h7-11,16-17,32H,2,12-15H2,1,3-6H3,(H2,31,33,35);3-4H2,1-2H3. The van der Waals surface area contributed by atoms with Gasteiger partial charge in [0.15, 0.2) is 0 Å². The van der Waals surface area contributed by atoms with Gasteiger partial charge in [0.1, 0.15) is 18.2 Å². The summed E-state index contributed by atoms with van der Waals surface area (Å²) in [6, 6.07) is 11.8. The number of hydrogen-bond donors (Lipinski definition) is 3. The lowest BCUT2D eigenvalue weighted by Crippen LogP contribution is -2.31. The zero-order valence-electron chi connectivity index (χ0n) is 25.0. The van der Waals surface area contributed by atoms with Gasteiger partial charge in [-0.25, -0.2) is 9.18 Å². The molecule has 2 aromatic rings. The molecule has 0 fully saturated rings. The topological polar surface area (TPSA) is 102 Å². The van der Waals surface area contributed by atoms with E-state index in [1.54, 1.807) is 43.5 Å². The van der Waals surface area contributed by atoms with Crippen LogP contribution in [0.3, 0.4) is 0 Å². The van der Waals surface area contributed by atoms with Crippen molar-refractivity contribution >= 4 is 35.0 Å². The molecule has 0 unspecified atom stereocenters. The van der Waals surface area contributed by atoms with Gasteiger partial charge in [-0.15, -0.1) is 0 Å². The van der Waals surface area contributed by atoms with Gasteiger partial charge in [0.2, 0.25) is 0 Å². The number of benzene rings is 2. The van der Waals surface area contributed by atoms with Crippen molar-refractivity contribution in [1.29, 1.82) is 5.26 Å². The Morgan fingerprint density at radius 1 is 1.15 bits per heavy atom. The molecule has 0 aromatic heterocycles. The molecule has 0 atom stereocenters. The fourth-order valence-corrected chi connectivity index (χ4v) is 3.13. The van der Waals surface area contributed by atoms with Crippen LogP contribution in [0.4, 0.5) is 26.2 Å². The maximum Gasteiger partial charge on any atom is 0.319 e. The predicted molar refractivity (Wildman–Crippen MR) is 165 cm³/mol. The number of halogens is 1. The normalized spacial score (nSPS) is 10.9. The second-order valence-corrected chi connectivity index (χ2v) is 10.1. The van der Waals surface area contributed by atoms with Gasteiger partial charge in [-0.1, -0.05) is 33.3 Å². The number of carbonyl (C=O) groups is 1. The summed E-state index contributed by atoms with van der Waals surface area (Å²) in [5.74, 6) is -0.0959. The maximum atomic E-state index is 15.0. The van der Waals surface area contributed by atoms with Gasteiger partial charge >= 0.3 is 6.03 Å². The van der Waals surface area contributed by atoms with E-state index in [9.17, 15) is 4.79 Å². The Morgan fingerprint density at radius 3 is 2.27 bits per heavy atom. The summed E-state index contributed by atoms with van der Waals surface area (Å²) in [6.07, 6.45) is 4.77. The molecular weight excluding hydrogens is 507 g/mol. The SMILES string of the molecule is C=C(Nc1ccc(NC(=O)NCCC(C)(C)C#N)cc1)c1c(F)cc(OCCN(C)C)cc1N=CC.CCCC. The smallest absolute Gasteiger partial charge is 0.319 e. The monoisotopic (exact) mass is 552 g/mol. The van der Waals surface area contributed by atoms with Gasteiger partial charge < -0.3 is 25.6 Å². The number of unbranched alkanes of at least 4 members (excludes halogenated alkanes) is 1. The minimum atomic E-state index is -0.496. The number of urea groups is 1. The fourth-order valence-electron chi connectivity index (χ4n) is 3.13. The summed E-state index contributed by atoms with van der Waals surface area (Å²) in [4.78, 5) is 18.4. The Labute approximate surface area is 239 Å². The molecule has 0 bridgehead atoms. The van der Waals surface area contributed by atoms with E-state index in [0.717, 1.165) is 0 Å². The number of hydrogen-bond acceptors (Lipinski definition) is 6. The molecule has 0 heterocycles. The Kier molecular flexibility index (Phi) is 15.1. The van der Waals surface area contributed by atoms with E-state index in [4.69, 9.17) is 10.00 Å². The van der Waals surface area contributed by atoms with Crippen molar-refractivity contribution in [3.8, 4) is 11.8 Å². The van der Waals surface area contributed by atoms with Crippen LogP contribution in [0.1, 0.15) is 59.4 Å². The van der Waals surface area contributed by atoms with Crippen molar-refractivity contribution in [3.05, 3.63) is 54.4 Å². The first-order chi connectivity index (χ1) is 19.0. The molecule has 0 aliphatic carbocycles. The lowest BCUT2D eigenvalue weighted by molar-refractivity contribution is 0.251. The predicted octanol–water partition coefficient (Wildman–Crippen LogP) is 7.44. The van der Waals surface area contributed by atoms with Crippen molar-refractivity contribution in [2.24, 2.45) is 10.4 Å². The first-order valence-corrected chi connectivity index (χ1v) is 13.6. The van der Waals surface area contributed by atoms with Crippen molar-refractivity contribution in [2.75, 3.05) is 44.4 Å². The zero-order chi connectivity index (χ0) is 30.1. The molecule has 2 aromatic carbocycles. The van der Waals surface area contributed by atoms with E-state index >= 15 is 4.39 Å². The second kappa shape index (κ2) is 17.6. The number of aliphatic imine (C=N–C) groups is 1. The summed E-state index contributed by atoms with van der Waals surface area (Å²) in [5, 5.41) is 17.6. The molecule has 2 rings (SSSR count). The number of anilines is 2. The zero-order valence-corrected chi connectivity index (χ0v) is 25.0. The Morgan fingerprint density at radius 2 is 1.75 bits per heavy atom. The molecule has 0 aliphatic rings. The number of carbonyl (C=O) groups excluding carboxylic acids is 1. The molecule has 0 aliphatic heterocycles. The molecule has 8 nitrogen and oxygen atoms in total. The van der Waals surface area contributed by atoms with Crippen LogP contribution in [0.2, 0.25) is 0 Å². The van der Waals surface area contributed by atoms with Gasteiger partial charge in [-0.05, 0) is 65.6 Å². The second-order valence-electron chi connectivity index (χ2n) is 10.1. The minimum Gasteiger partial charge on any atom is -0.492 e. The van der Waals surface area contributed by atoms with Crippen LogP contribution in [-0.4, -0.2) is 50.9 Å². The van der Waals surface area contributed by atoms with Crippen molar-refractivity contribution in [1.82, 2.24) is 10.2 Å². The molecule has 40 heavy (non-hydrogen) atoms. The van der Waals surface area contributed by atoms with E-state index in [2.05, 4.69) is 47.4 Å². The number of likely N-dealkylation sites (N-methyl/N-ethyl adjacent to an activating group) is 1. The molecule has 0 saturated carbocycles. The van der Waals surface area contributed by atoms with Gasteiger partial charge in [-0.2, -0.15) is 5.26 Å². The van der Waals surface area contributed by atoms with Crippen LogP contribution in [0, 0.1) is 22.6 Å². The van der Waals surface area contributed by atoms with E-state index in [1.165, 1.54) is 18.9 Å². The van der Waals surface area contributed by atoms with Crippen LogP contribution >= 0.6 is 0 Å². The Bertz CT molecular complexity index is 1150. The summed E-state index contributed by atoms with van der Waals surface area (Å²) in [6.45, 7) is 15.3. The van der Waals surface area contributed by atoms with Crippen LogP contribution in [-0.2, 0) is 0 Å². The molecular formula is C31H45FN6O2. The summed E-state index contributed by atoms with van der Waals surface area (Å²) >= 11 is 0. The van der Waals surface area contributed by atoms with Crippen LogP contribution in [0.25, 0.3) is 5.70 Å². The highest BCUT2D eigenvalue weighted by Gasteiger charge is 2.17. The lowest BCUT2D eigenvalue weighted by atomic mass is 9.92. The summed E-state index contributed by atoms with van der Waals surface area (Å²) < 4.78 is 20.7. The van der Waals surface area contributed by atoms with Crippen molar-refractivity contribution in [2.45, 2.75) is 53.9 Å². The average Bonchev–Trinajstić information content (AvgIpc) is 2.89. The molecule has 3 N–H and O–H groups in total. The molecule has 9 heteroatoms. The third-order valence-electron chi connectivity index (χ3n) is 5.70. The van der Waals surface area contributed by atoms with Crippen molar-refractivity contribution < 1.29 is 13.9 Å². The van der Waals surface area contributed by atoms with Crippen LogP contribution < -0.4 is 20.7 Å². The summed E-state index contributed by atoms with van der Waals surface area (Å²) in [7, 11) is 3.87. The quantitative estimate of drug-likeness (QED) is 0.224. The van der Waals surface area contributed by atoms with E-state index in [1.807, 2.05) is 32.8 Å².